The molecule has 0 saturated heterocycles. The molecule has 0 fully saturated rings. The predicted octanol–water partition coefficient (Wildman–Crippen LogP) is 3.33. The van der Waals surface area contributed by atoms with Crippen LogP contribution in [0.1, 0.15) is 9.67 Å². The van der Waals surface area contributed by atoms with Crippen LogP contribution in [-0.2, 0) is 0 Å². The van der Waals surface area contributed by atoms with Crippen molar-refractivity contribution >= 4 is 44.6 Å². The van der Waals surface area contributed by atoms with Crippen LogP contribution in [0.2, 0.25) is 0 Å². The number of aromatic carboxylic acids is 1. The minimum atomic E-state index is -0.924. The second kappa shape index (κ2) is 3.80. The molecule has 2 heterocycles. The van der Waals surface area contributed by atoms with Gasteiger partial charge in [0, 0.05) is 0 Å². The third kappa shape index (κ3) is 1.73. The number of rotatable bonds is 2. The Labute approximate surface area is 96.2 Å². The van der Waals surface area contributed by atoms with Crippen molar-refractivity contribution in [3.63, 3.8) is 0 Å². The van der Waals surface area contributed by atoms with Crippen LogP contribution in [0, 0.1) is 0 Å². The van der Waals surface area contributed by atoms with Gasteiger partial charge < -0.3 is 5.11 Å². The first-order valence-electron chi connectivity index (χ1n) is 3.61. The van der Waals surface area contributed by atoms with Gasteiger partial charge in [-0.3, -0.25) is 0 Å². The van der Waals surface area contributed by atoms with E-state index in [4.69, 9.17) is 5.11 Å². The molecule has 0 spiro atoms. The van der Waals surface area contributed by atoms with Gasteiger partial charge in [0.15, 0.2) is 0 Å². The quantitative estimate of drug-likeness (QED) is 0.923. The summed E-state index contributed by atoms with van der Waals surface area (Å²) in [6.45, 7) is 0. The lowest BCUT2D eigenvalue weighted by atomic mass is 10.3. The fourth-order valence-electron chi connectivity index (χ4n) is 1.01. The Bertz CT molecular complexity index is 477. The second-order valence-electron chi connectivity index (χ2n) is 2.44. The van der Waals surface area contributed by atoms with Crippen LogP contribution < -0.4 is 0 Å². The van der Waals surface area contributed by atoms with E-state index in [2.05, 4.69) is 20.9 Å². The molecule has 0 saturated carbocycles. The summed E-state index contributed by atoms with van der Waals surface area (Å²) in [5, 5.41) is 8.89. The molecular formula is C8H4BrNO2S2. The van der Waals surface area contributed by atoms with Crippen molar-refractivity contribution in [2.45, 2.75) is 0 Å². The van der Waals surface area contributed by atoms with Gasteiger partial charge in [0.2, 0.25) is 0 Å². The van der Waals surface area contributed by atoms with Gasteiger partial charge in [-0.05, 0) is 28.1 Å². The lowest BCUT2D eigenvalue weighted by Gasteiger charge is -1.92. The van der Waals surface area contributed by atoms with E-state index in [1.165, 1.54) is 11.3 Å². The van der Waals surface area contributed by atoms with E-state index >= 15 is 0 Å². The van der Waals surface area contributed by atoms with Gasteiger partial charge >= 0.3 is 5.97 Å². The fourth-order valence-corrected chi connectivity index (χ4v) is 3.11. The molecule has 72 valence electrons. The molecule has 0 atom stereocenters. The Balaban J connectivity index is 2.51. The summed E-state index contributed by atoms with van der Waals surface area (Å²) in [7, 11) is 0. The minimum absolute atomic E-state index is 0.291. The standard InChI is InChI=1S/C8H4BrNO2S2/c9-5-2-1-4(14-5)6-7(8(11)12)13-3-10-6/h1-3H,(H,11,12). The lowest BCUT2D eigenvalue weighted by Crippen LogP contribution is -1.94. The highest BCUT2D eigenvalue weighted by molar-refractivity contribution is 9.11. The molecular weight excluding hydrogens is 286 g/mol. The van der Waals surface area contributed by atoms with Crippen molar-refractivity contribution in [2.24, 2.45) is 0 Å². The number of carboxylic acid groups (broad SMARTS) is 1. The van der Waals surface area contributed by atoms with Crippen molar-refractivity contribution in [3.05, 3.63) is 26.3 Å². The highest BCUT2D eigenvalue weighted by atomic mass is 79.9. The topological polar surface area (TPSA) is 50.2 Å². The van der Waals surface area contributed by atoms with Gasteiger partial charge in [-0.1, -0.05) is 0 Å². The summed E-state index contributed by atoms with van der Waals surface area (Å²) >= 11 is 5.94. The smallest absolute Gasteiger partial charge is 0.348 e. The number of hydrogen-bond donors (Lipinski definition) is 1. The molecule has 3 nitrogen and oxygen atoms in total. The molecule has 14 heavy (non-hydrogen) atoms. The number of thiophene rings is 1. The minimum Gasteiger partial charge on any atom is -0.477 e. The zero-order valence-electron chi connectivity index (χ0n) is 6.73. The molecule has 0 bridgehead atoms. The van der Waals surface area contributed by atoms with Crippen LogP contribution in [-0.4, -0.2) is 16.1 Å². The maximum absolute atomic E-state index is 10.8. The van der Waals surface area contributed by atoms with E-state index in [0.717, 1.165) is 20.0 Å². The normalized spacial score (nSPS) is 10.4. The highest BCUT2D eigenvalue weighted by Crippen LogP contribution is 2.33. The van der Waals surface area contributed by atoms with Gasteiger partial charge in [0.1, 0.15) is 10.6 Å². The second-order valence-corrected chi connectivity index (χ2v) is 5.76. The summed E-state index contributed by atoms with van der Waals surface area (Å²) in [4.78, 5) is 16.0. The van der Waals surface area contributed by atoms with Gasteiger partial charge in [-0.15, -0.1) is 22.7 Å². The summed E-state index contributed by atoms with van der Waals surface area (Å²) in [5.74, 6) is -0.924. The predicted molar refractivity (Wildman–Crippen MR) is 60.1 cm³/mol. The Morgan fingerprint density at radius 2 is 2.29 bits per heavy atom. The van der Waals surface area contributed by atoms with Gasteiger partial charge in [0.05, 0.1) is 14.2 Å². The summed E-state index contributed by atoms with van der Waals surface area (Å²) < 4.78 is 0.969. The van der Waals surface area contributed by atoms with Gasteiger partial charge in [-0.2, -0.15) is 0 Å². The van der Waals surface area contributed by atoms with Crippen molar-refractivity contribution in [1.29, 1.82) is 0 Å². The van der Waals surface area contributed by atoms with E-state index < -0.39 is 5.97 Å². The molecule has 2 rings (SSSR count). The number of thiazole rings is 1. The molecule has 0 aliphatic heterocycles. The third-order valence-electron chi connectivity index (χ3n) is 1.57. The van der Waals surface area contributed by atoms with Crippen LogP contribution in [0.15, 0.2) is 21.4 Å². The molecule has 6 heteroatoms. The summed E-state index contributed by atoms with van der Waals surface area (Å²) in [6.07, 6.45) is 0. The lowest BCUT2D eigenvalue weighted by molar-refractivity contribution is 0.0703. The average Bonchev–Trinajstić information content (AvgIpc) is 2.70. The number of carboxylic acids is 1. The van der Waals surface area contributed by atoms with Crippen molar-refractivity contribution in [2.75, 3.05) is 0 Å². The molecule has 0 amide bonds. The maximum Gasteiger partial charge on any atom is 0.348 e. The highest BCUT2D eigenvalue weighted by Gasteiger charge is 2.16. The largest absolute Gasteiger partial charge is 0.477 e. The van der Waals surface area contributed by atoms with E-state index in [1.807, 2.05) is 12.1 Å². The molecule has 2 aromatic heterocycles. The first kappa shape index (κ1) is 9.82. The zero-order valence-corrected chi connectivity index (χ0v) is 9.95. The van der Waals surface area contributed by atoms with Gasteiger partial charge in [0.25, 0.3) is 0 Å². The van der Waals surface area contributed by atoms with Crippen LogP contribution in [0.25, 0.3) is 10.6 Å². The Morgan fingerprint density at radius 3 is 2.86 bits per heavy atom. The van der Waals surface area contributed by atoms with Crippen molar-refractivity contribution in [1.82, 2.24) is 4.98 Å². The van der Waals surface area contributed by atoms with Crippen molar-refractivity contribution < 1.29 is 9.90 Å². The monoisotopic (exact) mass is 289 g/mol. The van der Waals surface area contributed by atoms with Crippen LogP contribution in [0.5, 0.6) is 0 Å². The van der Waals surface area contributed by atoms with E-state index in [0.29, 0.717) is 10.6 Å². The number of hydrogen-bond acceptors (Lipinski definition) is 4. The Hall–Kier alpha value is -0.720. The first-order chi connectivity index (χ1) is 6.68. The Morgan fingerprint density at radius 1 is 1.50 bits per heavy atom. The third-order valence-corrected chi connectivity index (χ3v) is 4.01. The van der Waals surface area contributed by atoms with Gasteiger partial charge in [-0.25, -0.2) is 9.78 Å². The molecule has 0 radical (unpaired) electrons. The van der Waals surface area contributed by atoms with Crippen molar-refractivity contribution in [3.8, 4) is 10.6 Å². The van der Waals surface area contributed by atoms with E-state index in [9.17, 15) is 4.79 Å². The molecule has 2 aromatic rings. The maximum atomic E-state index is 10.8. The van der Waals surface area contributed by atoms with Crippen LogP contribution >= 0.6 is 38.6 Å². The number of nitrogens with zero attached hydrogens (tertiary/aromatic N) is 1. The van der Waals surface area contributed by atoms with E-state index in [-0.39, 0.29) is 0 Å². The SMILES string of the molecule is O=C(O)c1scnc1-c1ccc(Br)s1. The molecule has 1 N–H and O–H groups in total. The first-order valence-corrected chi connectivity index (χ1v) is 6.10. The number of halogens is 1. The Kier molecular flexibility index (Phi) is 2.66. The zero-order chi connectivity index (χ0) is 10.1. The summed E-state index contributed by atoms with van der Waals surface area (Å²) in [5.41, 5.74) is 2.10. The van der Waals surface area contributed by atoms with E-state index in [1.54, 1.807) is 5.51 Å². The molecule has 0 aromatic carbocycles. The molecule has 0 aliphatic carbocycles. The van der Waals surface area contributed by atoms with Crippen LogP contribution in [0.3, 0.4) is 0 Å². The molecule has 0 aliphatic rings. The number of carbonyl (C=O) groups is 1. The average molecular weight is 290 g/mol. The molecule has 0 unspecified atom stereocenters. The summed E-state index contributed by atoms with van der Waals surface area (Å²) in [6, 6.07) is 3.74. The number of aromatic nitrogens is 1. The fraction of sp³-hybridized carbons (Fsp3) is 0. The van der Waals surface area contributed by atoms with Crippen LogP contribution in [0.4, 0.5) is 0 Å².